The molecule has 0 spiro atoms. The average molecular weight is 303 g/mol. The molecule has 0 saturated carbocycles. The summed E-state index contributed by atoms with van der Waals surface area (Å²) in [4.78, 5) is 18.6. The van der Waals surface area contributed by atoms with Crippen molar-refractivity contribution in [1.29, 1.82) is 0 Å². The third-order valence-corrected chi connectivity index (χ3v) is 4.01. The molecule has 7 heteroatoms. The van der Waals surface area contributed by atoms with E-state index in [2.05, 4.69) is 15.2 Å². The third-order valence-electron chi connectivity index (χ3n) is 4.01. The van der Waals surface area contributed by atoms with Crippen LogP contribution in [0.25, 0.3) is 0 Å². The van der Waals surface area contributed by atoms with Crippen molar-refractivity contribution in [1.82, 2.24) is 24.8 Å². The summed E-state index contributed by atoms with van der Waals surface area (Å²) in [5, 5.41) is 7.98. The SMILES string of the molecule is Cc1noc(CCCC(=O)N2CCCC2Cn2cccn2)n1. The van der Waals surface area contributed by atoms with Gasteiger partial charge in [-0.1, -0.05) is 5.16 Å². The second kappa shape index (κ2) is 6.72. The molecule has 1 amide bonds. The van der Waals surface area contributed by atoms with Crippen LogP contribution in [0.1, 0.15) is 37.4 Å². The molecule has 1 fully saturated rings. The Morgan fingerprint density at radius 3 is 3.14 bits per heavy atom. The molecule has 7 nitrogen and oxygen atoms in total. The summed E-state index contributed by atoms with van der Waals surface area (Å²) in [6.07, 6.45) is 7.76. The summed E-state index contributed by atoms with van der Waals surface area (Å²) < 4.78 is 6.97. The van der Waals surface area contributed by atoms with Gasteiger partial charge in [0.15, 0.2) is 5.82 Å². The molecule has 1 atom stereocenters. The summed E-state index contributed by atoms with van der Waals surface area (Å²) >= 11 is 0. The van der Waals surface area contributed by atoms with Gasteiger partial charge in [-0.3, -0.25) is 9.48 Å². The zero-order chi connectivity index (χ0) is 15.4. The second-order valence-electron chi connectivity index (χ2n) is 5.70. The molecule has 2 aromatic rings. The lowest BCUT2D eigenvalue weighted by molar-refractivity contribution is -0.132. The number of amides is 1. The number of carbonyl (C=O) groups is 1. The summed E-state index contributed by atoms with van der Waals surface area (Å²) in [5.41, 5.74) is 0. The summed E-state index contributed by atoms with van der Waals surface area (Å²) in [6, 6.07) is 2.17. The Balaban J connectivity index is 1.48. The van der Waals surface area contributed by atoms with E-state index in [1.54, 1.807) is 13.1 Å². The van der Waals surface area contributed by atoms with Crippen LogP contribution in [0.15, 0.2) is 23.0 Å². The Hall–Kier alpha value is -2.18. The van der Waals surface area contributed by atoms with Crippen LogP contribution < -0.4 is 0 Å². The maximum absolute atomic E-state index is 12.4. The van der Waals surface area contributed by atoms with E-state index < -0.39 is 0 Å². The van der Waals surface area contributed by atoms with Crippen LogP contribution in [0, 0.1) is 6.92 Å². The van der Waals surface area contributed by atoms with Crippen molar-refractivity contribution in [3.8, 4) is 0 Å². The van der Waals surface area contributed by atoms with Gasteiger partial charge in [0.1, 0.15) is 0 Å². The van der Waals surface area contributed by atoms with Crippen molar-refractivity contribution in [3.63, 3.8) is 0 Å². The Morgan fingerprint density at radius 2 is 2.41 bits per heavy atom. The van der Waals surface area contributed by atoms with E-state index in [-0.39, 0.29) is 11.9 Å². The quantitative estimate of drug-likeness (QED) is 0.810. The standard InChI is InChI=1S/C15H21N5O2/c1-12-17-14(22-18-12)6-2-7-15(21)20-10-3-5-13(20)11-19-9-4-8-16-19/h4,8-9,13H,2-3,5-7,10-11H2,1H3. The molecule has 0 aliphatic carbocycles. The molecule has 0 bridgehead atoms. The van der Waals surface area contributed by atoms with Crippen molar-refractivity contribution in [3.05, 3.63) is 30.2 Å². The Bertz CT molecular complexity index is 607. The number of nitrogens with zero attached hydrogens (tertiary/aromatic N) is 5. The molecule has 1 unspecified atom stereocenters. The van der Waals surface area contributed by atoms with Crippen molar-refractivity contribution in [2.45, 2.75) is 51.6 Å². The number of likely N-dealkylation sites (tertiary alicyclic amines) is 1. The summed E-state index contributed by atoms with van der Waals surface area (Å²) in [7, 11) is 0. The highest BCUT2D eigenvalue weighted by Gasteiger charge is 2.28. The van der Waals surface area contributed by atoms with E-state index >= 15 is 0 Å². The van der Waals surface area contributed by atoms with E-state index in [0.717, 1.165) is 32.4 Å². The van der Waals surface area contributed by atoms with Crippen LogP contribution in [-0.2, 0) is 17.8 Å². The van der Waals surface area contributed by atoms with Gasteiger partial charge in [-0.15, -0.1) is 0 Å². The van der Waals surface area contributed by atoms with Crippen molar-refractivity contribution in [2.75, 3.05) is 6.54 Å². The highest BCUT2D eigenvalue weighted by Crippen LogP contribution is 2.20. The third kappa shape index (κ3) is 3.52. The highest BCUT2D eigenvalue weighted by molar-refractivity contribution is 5.76. The molecule has 0 aromatic carbocycles. The lowest BCUT2D eigenvalue weighted by Crippen LogP contribution is -2.38. The van der Waals surface area contributed by atoms with E-state index in [1.165, 1.54) is 0 Å². The lowest BCUT2D eigenvalue weighted by Gasteiger charge is -2.24. The molecule has 3 heterocycles. The van der Waals surface area contributed by atoms with Gasteiger partial charge in [0.05, 0.1) is 12.6 Å². The van der Waals surface area contributed by atoms with E-state index in [1.807, 2.05) is 21.8 Å². The van der Waals surface area contributed by atoms with Crippen LogP contribution in [0.3, 0.4) is 0 Å². The topological polar surface area (TPSA) is 77.0 Å². The largest absolute Gasteiger partial charge is 0.339 e. The smallest absolute Gasteiger partial charge is 0.226 e. The zero-order valence-corrected chi connectivity index (χ0v) is 12.8. The van der Waals surface area contributed by atoms with Crippen molar-refractivity contribution < 1.29 is 9.32 Å². The van der Waals surface area contributed by atoms with E-state index in [4.69, 9.17) is 4.52 Å². The average Bonchev–Trinajstić information content (AvgIpc) is 3.22. The maximum atomic E-state index is 12.4. The number of aromatic nitrogens is 4. The van der Waals surface area contributed by atoms with Crippen LogP contribution in [0.5, 0.6) is 0 Å². The molecule has 0 N–H and O–H groups in total. The predicted molar refractivity (Wildman–Crippen MR) is 78.9 cm³/mol. The van der Waals surface area contributed by atoms with Gasteiger partial charge in [-0.05, 0) is 32.3 Å². The van der Waals surface area contributed by atoms with Gasteiger partial charge in [0.25, 0.3) is 0 Å². The minimum atomic E-state index is 0.214. The molecule has 2 aromatic heterocycles. The van der Waals surface area contributed by atoms with Gasteiger partial charge in [-0.2, -0.15) is 10.1 Å². The minimum Gasteiger partial charge on any atom is -0.339 e. The highest BCUT2D eigenvalue weighted by atomic mass is 16.5. The summed E-state index contributed by atoms with van der Waals surface area (Å²) in [6.45, 7) is 3.42. The molecular formula is C15H21N5O2. The molecule has 1 saturated heterocycles. The van der Waals surface area contributed by atoms with Gasteiger partial charge in [-0.25, -0.2) is 0 Å². The van der Waals surface area contributed by atoms with Gasteiger partial charge < -0.3 is 9.42 Å². The fraction of sp³-hybridized carbons (Fsp3) is 0.600. The Kier molecular flexibility index (Phi) is 4.50. The lowest BCUT2D eigenvalue weighted by atomic mass is 10.2. The van der Waals surface area contributed by atoms with Gasteiger partial charge >= 0.3 is 0 Å². The summed E-state index contributed by atoms with van der Waals surface area (Å²) in [5.74, 6) is 1.46. The fourth-order valence-corrected chi connectivity index (χ4v) is 2.95. The number of aryl methyl sites for hydroxylation is 2. The van der Waals surface area contributed by atoms with E-state index in [0.29, 0.717) is 24.6 Å². The normalized spacial score (nSPS) is 18.0. The molecule has 22 heavy (non-hydrogen) atoms. The zero-order valence-electron chi connectivity index (χ0n) is 12.8. The Labute approximate surface area is 129 Å². The molecule has 0 radical (unpaired) electrons. The second-order valence-corrected chi connectivity index (χ2v) is 5.70. The number of hydrogen-bond donors (Lipinski definition) is 0. The first kappa shape index (κ1) is 14.7. The van der Waals surface area contributed by atoms with Crippen molar-refractivity contribution in [2.24, 2.45) is 0 Å². The van der Waals surface area contributed by atoms with Crippen LogP contribution >= 0.6 is 0 Å². The predicted octanol–water partition coefficient (Wildman–Crippen LogP) is 1.59. The molecule has 1 aliphatic rings. The minimum absolute atomic E-state index is 0.214. The number of rotatable bonds is 6. The van der Waals surface area contributed by atoms with Crippen LogP contribution in [0.4, 0.5) is 0 Å². The van der Waals surface area contributed by atoms with E-state index in [9.17, 15) is 4.79 Å². The molecule has 3 rings (SSSR count). The maximum Gasteiger partial charge on any atom is 0.226 e. The molecule has 1 aliphatic heterocycles. The molecular weight excluding hydrogens is 282 g/mol. The molecule has 118 valence electrons. The van der Waals surface area contributed by atoms with Crippen molar-refractivity contribution >= 4 is 5.91 Å². The first-order valence-corrected chi connectivity index (χ1v) is 7.78. The number of carbonyl (C=O) groups excluding carboxylic acids is 1. The monoisotopic (exact) mass is 303 g/mol. The van der Waals surface area contributed by atoms with Crippen LogP contribution in [-0.4, -0.2) is 43.3 Å². The first-order chi connectivity index (χ1) is 10.7. The Morgan fingerprint density at radius 1 is 1.50 bits per heavy atom. The number of hydrogen-bond acceptors (Lipinski definition) is 5. The van der Waals surface area contributed by atoms with Crippen LogP contribution in [0.2, 0.25) is 0 Å². The first-order valence-electron chi connectivity index (χ1n) is 7.78. The van der Waals surface area contributed by atoms with Gasteiger partial charge in [0.2, 0.25) is 11.8 Å². The fourth-order valence-electron chi connectivity index (χ4n) is 2.95. The van der Waals surface area contributed by atoms with Gasteiger partial charge in [0, 0.05) is 31.8 Å².